The molecule has 1 unspecified atom stereocenters. The molecule has 14 heavy (non-hydrogen) atoms. The van der Waals surface area contributed by atoms with Crippen molar-refractivity contribution < 1.29 is 27.1 Å². The number of aliphatic hydroxyl groups is 1. The number of alkyl halides is 5. The molecule has 0 aliphatic rings. The third-order valence-electron chi connectivity index (χ3n) is 2.56. The van der Waals surface area contributed by atoms with Gasteiger partial charge in [0.2, 0.25) is 0 Å². The van der Waals surface area contributed by atoms with E-state index in [2.05, 4.69) is 0 Å². The standard InChI is InChI=1S/C8H13F5O/c1-3-6(5-14,8(11,12)13)7(9,10)4-2/h14H,3-5H2,1-2H3. The predicted molar refractivity (Wildman–Crippen MR) is 41.1 cm³/mol. The first-order valence-corrected chi connectivity index (χ1v) is 4.24. The minimum absolute atomic E-state index is 0.839. The second-order valence-electron chi connectivity index (χ2n) is 3.15. The van der Waals surface area contributed by atoms with E-state index in [0.29, 0.717) is 0 Å². The lowest BCUT2D eigenvalue weighted by molar-refractivity contribution is -0.311. The van der Waals surface area contributed by atoms with E-state index in [1.807, 2.05) is 0 Å². The molecule has 0 aromatic carbocycles. The summed E-state index contributed by atoms with van der Waals surface area (Å²) in [6.07, 6.45) is -6.88. The van der Waals surface area contributed by atoms with Crippen LogP contribution in [0.1, 0.15) is 26.7 Å². The Kier molecular flexibility index (Phi) is 3.89. The molecule has 86 valence electrons. The quantitative estimate of drug-likeness (QED) is 0.722. The first-order chi connectivity index (χ1) is 6.18. The molecule has 0 aliphatic carbocycles. The molecule has 1 N–H and O–H groups in total. The molecule has 0 rings (SSSR count). The fourth-order valence-corrected chi connectivity index (χ4v) is 1.32. The van der Waals surface area contributed by atoms with Gasteiger partial charge in [-0.3, -0.25) is 0 Å². The number of halogens is 5. The van der Waals surface area contributed by atoms with Crippen molar-refractivity contribution in [2.45, 2.75) is 38.8 Å². The van der Waals surface area contributed by atoms with Crippen LogP contribution in [0.5, 0.6) is 0 Å². The van der Waals surface area contributed by atoms with E-state index in [0.717, 1.165) is 13.8 Å². The van der Waals surface area contributed by atoms with Crippen LogP contribution in [-0.4, -0.2) is 23.8 Å². The summed E-state index contributed by atoms with van der Waals surface area (Å²) in [5.74, 6) is -3.94. The molecule has 0 aliphatic heterocycles. The van der Waals surface area contributed by atoms with Gasteiger partial charge in [-0.25, -0.2) is 8.78 Å². The Hall–Kier alpha value is -0.390. The highest BCUT2D eigenvalue weighted by atomic mass is 19.4. The van der Waals surface area contributed by atoms with Gasteiger partial charge in [-0.2, -0.15) is 13.2 Å². The smallest absolute Gasteiger partial charge is 0.395 e. The van der Waals surface area contributed by atoms with Gasteiger partial charge in [0.1, 0.15) is 0 Å². The summed E-state index contributed by atoms with van der Waals surface area (Å²) in [5, 5.41) is 8.58. The van der Waals surface area contributed by atoms with Gasteiger partial charge in [0.25, 0.3) is 5.92 Å². The number of hydrogen-bond donors (Lipinski definition) is 1. The maximum absolute atomic E-state index is 13.1. The van der Waals surface area contributed by atoms with Crippen molar-refractivity contribution in [1.82, 2.24) is 0 Å². The lowest BCUT2D eigenvalue weighted by Crippen LogP contribution is -2.54. The summed E-state index contributed by atoms with van der Waals surface area (Å²) in [7, 11) is 0. The van der Waals surface area contributed by atoms with E-state index in [9.17, 15) is 22.0 Å². The Bertz CT molecular complexity index is 183. The van der Waals surface area contributed by atoms with Crippen molar-refractivity contribution in [1.29, 1.82) is 0 Å². The maximum Gasteiger partial charge on any atom is 0.402 e. The van der Waals surface area contributed by atoms with Crippen molar-refractivity contribution in [3.05, 3.63) is 0 Å². The molecular formula is C8H13F5O. The first kappa shape index (κ1) is 13.6. The van der Waals surface area contributed by atoms with Crippen molar-refractivity contribution in [3.8, 4) is 0 Å². The van der Waals surface area contributed by atoms with E-state index in [-0.39, 0.29) is 0 Å². The number of aliphatic hydroxyl groups excluding tert-OH is 1. The fraction of sp³-hybridized carbons (Fsp3) is 1.00. The molecule has 0 radical (unpaired) electrons. The summed E-state index contributed by atoms with van der Waals surface area (Å²) in [4.78, 5) is 0. The minimum Gasteiger partial charge on any atom is -0.395 e. The van der Waals surface area contributed by atoms with Crippen LogP contribution in [0.15, 0.2) is 0 Å². The molecular weight excluding hydrogens is 207 g/mol. The Morgan fingerprint density at radius 2 is 1.36 bits per heavy atom. The van der Waals surface area contributed by atoms with Gasteiger partial charge < -0.3 is 5.11 Å². The highest BCUT2D eigenvalue weighted by Crippen LogP contribution is 2.52. The van der Waals surface area contributed by atoms with E-state index in [1.54, 1.807) is 0 Å². The van der Waals surface area contributed by atoms with Crippen LogP contribution < -0.4 is 0 Å². The summed E-state index contributed by atoms with van der Waals surface area (Å²) in [6, 6.07) is 0. The molecule has 0 aromatic heterocycles. The van der Waals surface area contributed by atoms with Gasteiger partial charge in [-0.05, 0) is 6.42 Å². The van der Waals surface area contributed by atoms with Gasteiger partial charge in [-0.15, -0.1) is 0 Å². The lowest BCUT2D eigenvalue weighted by atomic mass is 9.77. The number of hydrogen-bond acceptors (Lipinski definition) is 1. The Labute approximate surface area is 78.9 Å². The van der Waals surface area contributed by atoms with E-state index < -0.39 is 37.0 Å². The van der Waals surface area contributed by atoms with Crippen LogP contribution in [0, 0.1) is 5.41 Å². The zero-order valence-corrected chi connectivity index (χ0v) is 7.96. The molecule has 0 aromatic rings. The predicted octanol–water partition coefficient (Wildman–Crippen LogP) is 2.98. The van der Waals surface area contributed by atoms with Crippen molar-refractivity contribution >= 4 is 0 Å². The fourth-order valence-electron chi connectivity index (χ4n) is 1.32. The second-order valence-corrected chi connectivity index (χ2v) is 3.15. The van der Waals surface area contributed by atoms with Gasteiger partial charge in [0.05, 0.1) is 6.61 Å². The highest BCUT2D eigenvalue weighted by molar-refractivity contribution is 4.96. The normalized spacial score (nSPS) is 18.0. The van der Waals surface area contributed by atoms with Gasteiger partial charge in [0.15, 0.2) is 5.41 Å². The summed E-state index contributed by atoms with van der Waals surface area (Å²) >= 11 is 0. The van der Waals surface area contributed by atoms with Crippen molar-refractivity contribution in [3.63, 3.8) is 0 Å². The van der Waals surface area contributed by atoms with Crippen LogP contribution in [0.3, 0.4) is 0 Å². The third-order valence-corrected chi connectivity index (χ3v) is 2.56. The monoisotopic (exact) mass is 220 g/mol. The van der Waals surface area contributed by atoms with Gasteiger partial charge >= 0.3 is 6.18 Å². The molecule has 6 heteroatoms. The maximum atomic E-state index is 13.1. The third kappa shape index (κ3) is 1.85. The Morgan fingerprint density at radius 1 is 0.929 bits per heavy atom. The molecule has 1 nitrogen and oxygen atoms in total. The average Bonchev–Trinajstić information content (AvgIpc) is 2.04. The zero-order chi connectivity index (χ0) is 11.6. The summed E-state index contributed by atoms with van der Waals surface area (Å²) < 4.78 is 63.4. The van der Waals surface area contributed by atoms with E-state index in [4.69, 9.17) is 5.11 Å². The largest absolute Gasteiger partial charge is 0.402 e. The molecule has 0 amide bonds. The van der Waals surface area contributed by atoms with E-state index >= 15 is 0 Å². The topological polar surface area (TPSA) is 20.2 Å². The molecule has 1 atom stereocenters. The molecule has 0 spiro atoms. The van der Waals surface area contributed by atoms with Crippen LogP contribution in [0.2, 0.25) is 0 Å². The van der Waals surface area contributed by atoms with Crippen LogP contribution in [0.4, 0.5) is 22.0 Å². The molecule has 0 saturated carbocycles. The first-order valence-electron chi connectivity index (χ1n) is 4.24. The highest BCUT2D eigenvalue weighted by Gasteiger charge is 2.66. The van der Waals surface area contributed by atoms with Crippen molar-refractivity contribution in [2.24, 2.45) is 5.41 Å². The van der Waals surface area contributed by atoms with Gasteiger partial charge in [0, 0.05) is 6.42 Å². The summed E-state index contributed by atoms with van der Waals surface area (Å²) in [6.45, 7) is 0.368. The minimum atomic E-state index is -5.10. The molecule has 0 bridgehead atoms. The SMILES string of the molecule is CCC(F)(F)C(CC)(CO)C(F)(F)F. The van der Waals surface area contributed by atoms with Crippen LogP contribution in [-0.2, 0) is 0 Å². The Balaban J connectivity index is 5.29. The zero-order valence-electron chi connectivity index (χ0n) is 7.96. The van der Waals surface area contributed by atoms with Crippen LogP contribution >= 0.6 is 0 Å². The van der Waals surface area contributed by atoms with Gasteiger partial charge in [-0.1, -0.05) is 13.8 Å². The molecule has 0 heterocycles. The van der Waals surface area contributed by atoms with Crippen molar-refractivity contribution in [2.75, 3.05) is 6.61 Å². The lowest BCUT2D eigenvalue weighted by Gasteiger charge is -2.39. The second kappa shape index (κ2) is 4.00. The number of rotatable bonds is 4. The van der Waals surface area contributed by atoms with Crippen LogP contribution in [0.25, 0.3) is 0 Å². The van der Waals surface area contributed by atoms with E-state index in [1.165, 1.54) is 0 Å². The molecule has 0 saturated heterocycles. The summed E-state index contributed by atoms with van der Waals surface area (Å²) in [5.41, 5.74) is -3.31. The average molecular weight is 220 g/mol. The Morgan fingerprint density at radius 3 is 1.43 bits per heavy atom. The molecule has 0 fully saturated rings.